The van der Waals surface area contributed by atoms with Crippen LogP contribution >= 0.6 is 15.9 Å². The van der Waals surface area contributed by atoms with Gasteiger partial charge in [-0.25, -0.2) is 4.39 Å². The van der Waals surface area contributed by atoms with E-state index in [0.29, 0.717) is 10.2 Å². The largest absolute Gasteiger partial charge is 0.480 e. The first kappa shape index (κ1) is 20.8. The summed E-state index contributed by atoms with van der Waals surface area (Å²) in [5, 5.41) is 3.09. The van der Waals surface area contributed by atoms with Crippen molar-refractivity contribution in [2.45, 2.75) is 45.4 Å². The van der Waals surface area contributed by atoms with Crippen LogP contribution in [0.1, 0.15) is 30.9 Å². The molecule has 4 nitrogen and oxygen atoms in total. The Hall–Kier alpha value is -1.92. The third-order valence-corrected chi connectivity index (χ3v) is 5.78. The van der Waals surface area contributed by atoms with Gasteiger partial charge in [0.1, 0.15) is 11.6 Å². The average Bonchev–Trinajstić information content (AvgIpc) is 2.67. The summed E-state index contributed by atoms with van der Waals surface area (Å²) in [6.07, 6.45) is 1.20. The highest BCUT2D eigenvalue weighted by Gasteiger charge is 2.24. The van der Waals surface area contributed by atoms with Gasteiger partial charge >= 0.3 is 0 Å². The summed E-state index contributed by atoms with van der Waals surface area (Å²) in [5.41, 5.74) is 2.67. The molecule has 1 fully saturated rings. The summed E-state index contributed by atoms with van der Waals surface area (Å²) in [6.45, 7) is 6.71. The molecule has 2 aromatic rings. The lowest BCUT2D eigenvalue weighted by molar-refractivity contribution is -0.128. The number of likely N-dealkylation sites (tertiary alicyclic amines) is 1. The second-order valence-electron chi connectivity index (χ2n) is 7.32. The third-order valence-electron chi connectivity index (χ3n) is 5.16. The first-order valence-electron chi connectivity index (χ1n) is 9.61. The number of amides is 1. The van der Waals surface area contributed by atoms with Crippen molar-refractivity contribution >= 4 is 21.8 Å². The minimum atomic E-state index is -0.647. The number of aryl methyl sites for hydroxylation is 1. The van der Waals surface area contributed by atoms with Gasteiger partial charge in [-0.05, 0) is 71.9 Å². The molecule has 0 radical (unpaired) electrons. The van der Waals surface area contributed by atoms with Gasteiger partial charge in [-0.2, -0.15) is 0 Å². The van der Waals surface area contributed by atoms with Crippen LogP contribution in [0.2, 0.25) is 0 Å². The Bertz CT molecular complexity index is 822. The number of piperidine rings is 1. The molecular formula is C22H26BrFN2O2. The summed E-state index contributed by atoms with van der Waals surface area (Å²) < 4.78 is 19.4. The maximum absolute atomic E-state index is 13.2. The molecule has 1 heterocycles. The molecule has 6 heteroatoms. The Morgan fingerprint density at radius 2 is 2.00 bits per heavy atom. The van der Waals surface area contributed by atoms with Crippen LogP contribution in [-0.2, 0) is 11.3 Å². The Labute approximate surface area is 174 Å². The Kier molecular flexibility index (Phi) is 7.08. The average molecular weight is 449 g/mol. The van der Waals surface area contributed by atoms with Crippen LogP contribution in [0.25, 0.3) is 0 Å². The summed E-state index contributed by atoms with van der Waals surface area (Å²) >= 11 is 3.26. The summed E-state index contributed by atoms with van der Waals surface area (Å²) in [4.78, 5) is 14.9. The quantitative estimate of drug-likeness (QED) is 0.709. The van der Waals surface area contributed by atoms with Gasteiger partial charge < -0.3 is 10.1 Å². The number of halogens is 2. The van der Waals surface area contributed by atoms with Crippen molar-refractivity contribution in [2.24, 2.45) is 0 Å². The van der Waals surface area contributed by atoms with E-state index in [-0.39, 0.29) is 17.8 Å². The number of rotatable bonds is 6. The van der Waals surface area contributed by atoms with Gasteiger partial charge in [0, 0.05) is 25.7 Å². The third kappa shape index (κ3) is 5.55. The highest BCUT2D eigenvalue weighted by Crippen LogP contribution is 2.26. The maximum atomic E-state index is 13.2. The fourth-order valence-electron chi connectivity index (χ4n) is 3.40. The van der Waals surface area contributed by atoms with E-state index in [1.54, 1.807) is 6.92 Å². The maximum Gasteiger partial charge on any atom is 0.260 e. The molecule has 0 saturated carbocycles. The standard InChI is InChI=1S/C22H26BrFN2O2/c1-15-5-3-4-6-17(15)14-26-11-9-19(10-12-26)25-22(27)16(2)28-21-8-7-18(24)13-20(21)23/h3-8,13,16,19H,9-12,14H2,1-2H3,(H,25,27). The molecule has 1 saturated heterocycles. The lowest BCUT2D eigenvalue weighted by atomic mass is 10.0. The van der Waals surface area contributed by atoms with Gasteiger partial charge in [-0.3, -0.25) is 9.69 Å². The molecule has 0 aromatic heterocycles. The molecule has 1 N–H and O–H groups in total. The number of benzene rings is 2. The van der Waals surface area contributed by atoms with Crippen LogP contribution in [0.3, 0.4) is 0 Å². The molecule has 150 valence electrons. The van der Waals surface area contributed by atoms with Crippen molar-refractivity contribution in [2.75, 3.05) is 13.1 Å². The smallest absolute Gasteiger partial charge is 0.260 e. The van der Waals surface area contributed by atoms with E-state index in [0.717, 1.165) is 32.5 Å². The van der Waals surface area contributed by atoms with E-state index in [1.165, 1.54) is 29.3 Å². The number of nitrogens with one attached hydrogen (secondary N) is 1. The fraction of sp³-hybridized carbons (Fsp3) is 0.409. The Balaban J connectivity index is 1.46. The van der Waals surface area contributed by atoms with E-state index in [1.807, 2.05) is 0 Å². The molecule has 0 spiro atoms. The summed E-state index contributed by atoms with van der Waals surface area (Å²) in [7, 11) is 0. The highest BCUT2D eigenvalue weighted by molar-refractivity contribution is 9.10. The predicted molar refractivity (Wildman–Crippen MR) is 112 cm³/mol. The molecule has 2 aromatic carbocycles. The van der Waals surface area contributed by atoms with E-state index in [2.05, 4.69) is 57.3 Å². The van der Waals surface area contributed by atoms with E-state index < -0.39 is 6.10 Å². The first-order chi connectivity index (χ1) is 13.4. The van der Waals surface area contributed by atoms with Crippen LogP contribution in [0.15, 0.2) is 46.9 Å². The van der Waals surface area contributed by atoms with E-state index in [4.69, 9.17) is 4.74 Å². The molecule has 1 atom stereocenters. The van der Waals surface area contributed by atoms with Gasteiger partial charge in [0.15, 0.2) is 6.10 Å². The van der Waals surface area contributed by atoms with Crippen LogP contribution in [-0.4, -0.2) is 36.0 Å². The Morgan fingerprint density at radius 3 is 2.68 bits per heavy atom. The molecule has 0 aliphatic carbocycles. The van der Waals surface area contributed by atoms with Crippen molar-refractivity contribution in [1.82, 2.24) is 10.2 Å². The van der Waals surface area contributed by atoms with Crippen molar-refractivity contribution in [1.29, 1.82) is 0 Å². The zero-order chi connectivity index (χ0) is 20.1. The number of hydrogen-bond donors (Lipinski definition) is 1. The molecule has 1 amide bonds. The molecule has 1 aliphatic heterocycles. The number of hydrogen-bond acceptors (Lipinski definition) is 3. The highest BCUT2D eigenvalue weighted by atomic mass is 79.9. The zero-order valence-electron chi connectivity index (χ0n) is 16.3. The zero-order valence-corrected chi connectivity index (χ0v) is 17.8. The van der Waals surface area contributed by atoms with Crippen LogP contribution in [0, 0.1) is 12.7 Å². The van der Waals surface area contributed by atoms with Crippen molar-refractivity contribution in [3.05, 3.63) is 63.9 Å². The lowest BCUT2D eigenvalue weighted by Gasteiger charge is -2.33. The fourth-order valence-corrected chi connectivity index (χ4v) is 3.84. The SMILES string of the molecule is Cc1ccccc1CN1CCC(NC(=O)C(C)Oc2ccc(F)cc2Br)CC1. The van der Waals surface area contributed by atoms with Gasteiger partial charge in [0.05, 0.1) is 4.47 Å². The lowest BCUT2D eigenvalue weighted by Crippen LogP contribution is -2.47. The second kappa shape index (κ2) is 9.52. The minimum Gasteiger partial charge on any atom is -0.480 e. The number of carbonyl (C=O) groups excluding carboxylic acids is 1. The van der Waals surface area contributed by atoms with Crippen molar-refractivity contribution in [3.8, 4) is 5.75 Å². The molecule has 0 bridgehead atoms. The molecule has 1 unspecified atom stereocenters. The van der Waals surface area contributed by atoms with Crippen molar-refractivity contribution < 1.29 is 13.9 Å². The summed E-state index contributed by atoms with van der Waals surface area (Å²) in [5.74, 6) is -0.0422. The second-order valence-corrected chi connectivity index (χ2v) is 8.17. The molecule has 1 aliphatic rings. The molecule has 3 rings (SSSR count). The molecule has 28 heavy (non-hydrogen) atoms. The van der Waals surface area contributed by atoms with Crippen molar-refractivity contribution in [3.63, 3.8) is 0 Å². The van der Waals surface area contributed by atoms with E-state index in [9.17, 15) is 9.18 Å². The minimum absolute atomic E-state index is 0.145. The number of carbonyl (C=O) groups is 1. The predicted octanol–water partition coefficient (Wildman–Crippen LogP) is 4.44. The Morgan fingerprint density at radius 1 is 1.29 bits per heavy atom. The van der Waals surface area contributed by atoms with Gasteiger partial charge in [-0.15, -0.1) is 0 Å². The molecular weight excluding hydrogens is 423 g/mol. The first-order valence-corrected chi connectivity index (χ1v) is 10.4. The summed E-state index contributed by atoms with van der Waals surface area (Å²) in [6, 6.07) is 12.8. The van der Waals surface area contributed by atoms with Gasteiger partial charge in [-0.1, -0.05) is 24.3 Å². The van der Waals surface area contributed by atoms with Gasteiger partial charge in [0.2, 0.25) is 0 Å². The number of ether oxygens (including phenoxy) is 1. The van der Waals surface area contributed by atoms with E-state index >= 15 is 0 Å². The van der Waals surface area contributed by atoms with Gasteiger partial charge in [0.25, 0.3) is 5.91 Å². The number of nitrogens with zero attached hydrogens (tertiary/aromatic N) is 1. The van der Waals surface area contributed by atoms with Crippen LogP contribution in [0.4, 0.5) is 4.39 Å². The van der Waals surface area contributed by atoms with Crippen LogP contribution in [0.5, 0.6) is 5.75 Å². The normalized spacial score (nSPS) is 16.6. The van der Waals surface area contributed by atoms with Crippen LogP contribution < -0.4 is 10.1 Å². The topological polar surface area (TPSA) is 41.6 Å². The monoisotopic (exact) mass is 448 g/mol.